The molecule has 0 N–H and O–H groups in total. The molecule has 0 amide bonds. The number of hydrogen-bond donors (Lipinski definition) is 0. The molecule has 0 unspecified atom stereocenters. The maximum Gasteiger partial charge on any atom is 0.116 e. The third-order valence-electron chi connectivity index (χ3n) is 6.07. The van der Waals surface area contributed by atoms with Gasteiger partial charge >= 0.3 is 0 Å². The van der Waals surface area contributed by atoms with Gasteiger partial charge in [0.2, 0.25) is 0 Å². The van der Waals surface area contributed by atoms with Gasteiger partial charge in [0, 0.05) is 46.9 Å². The summed E-state index contributed by atoms with van der Waals surface area (Å²) in [5, 5.41) is 0. The molecular formula is C28H20N4. The van der Waals surface area contributed by atoms with E-state index in [0.29, 0.717) is 0 Å². The second-order valence-corrected chi connectivity index (χ2v) is 7.98. The summed E-state index contributed by atoms with van der Waals surface area (Å²) in [7, 11) is 0. The van der Waals surface area contributed by atoms with Crippen LogP contribution in [0.1, 0.15) is 22.3 Å². The van der Waals surface area contributed by atoms with Crippen LogP contribution in [-0.4, -0.2) is 19.9 Å². The number of fused-ring (bicyclic) bond motifs is 6. The summed E-state index contributed by atoms with van der Waals surface area (Å²) in [6, 6.07) is 27.2. The second-order valence-electron chi connectivity index (χ2n) is 7.98. The van der Waals surface area contributed by atoms with Gasteiger partial charge in [-0.3, -0.25) is 0 Å². The van der Waals surface area contributed by atoms with Gasteiger partial charge in [-0.15, -0.1) is 0 Å². The van der Waals surface area contributed by atoms with Crippen molar-refractivity contribution in [2.75, 3.05) is 0 Å². The Hall–Kier alpha value is -4.18. The van der Waals surface area contributed by atoms with E-state index in [9.17, 15) is 0 Å². The van der Waals surface area contributed by atoms with Crippen LogP contribution in [0.4, 0.5) is 0 Å². The molecule has 0 fully saturated rings. The van der Waals surface area contributed by atoms with Crippen LogP contribution < -0.4 is 0 Å². The normalized spacial score (nSPS) is 12.1. The highest BCUT2D eigenvalue weighted by atomic mass is 14.9. The van der Waals surface area contributed by atoms with Crippen molar-refractivity contribution in [3.05, 3.63) is 120 Å². The predicted octanol–water partition coefficient (Wildman–Crippen LogP) is 5.76. The molecule has 2 aromatic heterocycles. The van der Waals surface area contributed by atoms with Crippen LogP contribution in [-0.2, 0) is 12.8 Å². The summed E-state index contributed by atoms with van der Waals surface area (Å²) in [5.41, 5.74) is 12.1. The van der Waals surface area contributed by atoms with Crippen LogP contribution in [0.2, 0.25) is 0 Å². The third-order valence-corrected chi connectivity index (χ3v) is 6.07. The minimum Gasteiger partial charge on any atom is -0.244 e. The van der Waals surface area contributed by atoms with Crippen LogP contribution in [0.25, 0.3) is 33.8 Å². The summed E-state index contributed by atoms with van der Waals surface area (Å²) >= 11 is 0. The maximum atomic E-state index is 4.49. The molecule has 4 heteroatoms. The lowest BCUT2D eigenvalue weighted by atomic mass is 10.0. The monoisotopic (exact) mass is 412 g/mol. The van der Waals surface area contributed by atoms with E-state index in [4.69, 9.17) is 0 Å². The Kier molecular flexibility index (Phi) is 4.54. The topological polar surface area (TPSA) is 51.6 Å². The summed E-state index contributed by atoms with van der Waals surface area (Å²) < 4.78 is 0. The number of rotatable bonds is 1. The van der Waals surface area contributed by atoms with E-state index in [2.05, 4.69) is 80.6 Å². The Labute approximate surface area is 186 Å². The molecule has 0 spiro atoms. The Morgan fingerprint density at radius 1 is 0.500 bits per heavy atom. The zero-order valence-corrected chi connectivity index (χ0v) is 17.4. The average Bonchev–Trinajstić information content (AvgIpc) is 3.43. The molecule has 0 radical (unpaired) electrons. The Morgan fingerprint density at radius 3 is 1.94 bits per heavy atom. The molecular weight excluding hydrogens is 392 g/mol. The van der Waals surface area contributed by atoms with Crippen LogP contribution in [0.15, 0.2) is 97.7 Å². The molecule has 0 saturated carbocycles. The lowest BCUT2D eigenvalue weighted by Crippen LogP contribution is -1.93. The average molecular weight is 412 g/mol. The van der Waals surface area contributed by atoms with E-state index < -0.39 is 0 Å². The molecule has 2 aliphatic rings. The van der Waals surface area contributed by atoms with Gasteiger partial charge in [-0.2, -0.15) is 0 Å². The third kappa shape index (κ3) is 3.17. The van der Waals surface area contributed by atoms with E-state index in [-0.39, 0.29) is 0 Å². The highest BCUT2D eigenvalue weighted by molar-refractivity contribution is 5.80. The first-order chi connectivity index (χ1) is 15.9. The number of benzene rings is 3. The van der Waals surface area contributed by atoms with Crippen molar-refractivity contribution in [3.8, 4) is 33.8 Å². The van der Waals surface area contributed by atoms with Crippen molar-refractivity contribution >= 4 is 0 Å². The maximum absolute atomic E-state index is 4.49. The highest BCUT2D eigenvalue weighted by Crippen LogP contribution is 2.38. The lowest BCUT2D eigenvalue weighted by Gasteiger charge is -2.06. The number of hydrogen-bond acceptors (Lipinski definition) is 4. The smallest absolute Gasteiger partial charge is 0.116 e. The van der Waals surface area contributed by atoms with E-state index in [1.807, 2.05) is 24.4 Å². The van der Waals surface area contributed by atoms with E-state index in [1.165, 1.54) is 33.4 Å². The van der Waals surface area contributed by atoms with E-state index in [0.717, 1.165) is 35.5 Å². The molecule has 5 aromatic rings. The van der Waals surface area contributed by atoms with Crippen molar-refractivity contribution in [2.24, 2.45) is 0 Å². The van der Waals surface area contributed by atoms with Gasteiger partial charge in [0.05, 0.1) is 17.1 Å². The first kappa shape index (κ1) is 18.6. The molecule has 2 heterocycles. The van der Waals surface area contributed by atoms with E-state index >= 15 is 0 Å². The zero-order chi connectivity index (χ0) is 21.3. The summed E-state index contributed by atoms with van der Waals surface area (Å²) in [6.45, 7) is 0. The minimum absolute atomic E-state index is 0.927. The second kappa shape index (κ2) is 7.82. The fraction of sp³-hybridized carbons (Fsp3) is 0.0714. The van der Waals surface area contributed by atoms with Crippen molar-refractivity contribution in [3.63, 3.8) is 0 Å². The van der Waals surface area contributed by atoms with Crippen LogP contribution in [0.5, 0.6) is 0 Å². The summed E-state index contributed by atoms with van der Waals surface area (Å²) in [4.78, 5) is 17.3. The number of nitrogens with zero attached hydrogens (tertiary/aromatic N) is 4. The molecule has 2 aliphatic carbocycles. The van der Waals surface area contributed by atoms with Gasteiger partial charge in [-0.05, 0) is 11.1 Å². The standard InChI is InChI=1S/C17H12N2.C11H8N2/c1-2-6-12(7-3-1)16-15-10-13-8-4-5-9-14(13)17(15)19-11-18-16;1-2-4-10-8(3-1)5-9-6-12-7-13-11(9)10/h1-9,11H,10H2;1-4,6-7H,5H2. The minimum atomic E-state index is 0.927. The largest absolute Gasteiger partial charge is 0.244 e. The fourth-order valence-electron chi connectivity index (χ4n) is 4.59. The van der Waals surface area contributed by atoms with Gasteiger partial charge in [-0.1, -0.05) is 78.9 Å². The molecule has 32 heavy (non-hydrogen) atoms. The lowest BCUT2D eigenvalue weighted by molar-refractivity contribution is 1.12. The molecule has 0 saturated heterocycles. The molecule has 0 atom stereocenters. The Morgan fingerprint density at radius 2 is 1.12 bits per heavy atom. The van der Waals surface area contributed by atoms with E-state index in [1.54, 1.807) is 12.7 Å². The zero-order valence-electron chi connectivity index (χ0n) is 17.4. The van der Waals surface area contributed by atoms with Gasteiger partial charge < -0.3 is 0 Å². The molecule has 0 bridgehead atoms. The van der Waals surface area contributed by atoms with Crippen molar-refractivity contribution < 1.29 is 0 Å². The van der Waals surface area contributed by atoms with Crippen molar-refractivity contribution in [2.45, 2.75) is 12.8 Å². The molecule has 3 aromatic carbocycles. The van der Waals surface area contributed by atoms with Gasteiger partial charge in [0.25, 0.3) is 0 Å². The predicted molar refractivity (Wildman–Crippen MR) is 126 cm³/mol. The molecule has 4 nitrogen and oxygen atoms in total. The highest BCUT2D eigenvalue weighted by Gasteiger charge is 2.23. The summed E-state index contributed by atoms with van der Waals surface area (Å²) in [5.74, 6) is 0. The van der Waals surface area contributed by atoms with Gasteiger partial charge in [-0.25, -0.2) is 19.9 Å². The van der Waals surface area contributed by atoms with Crippen LogP contribution >= 0.6 is 0 Å². The van der Waals surface area contributed by atoms with Gasteiger partial charge in [0.1, 0.15) is 12.7 Å². The van der Waals surface area contributed by atoms with Crippen molar-refractivity contribution in [1.29, 1.82) is 0 Å². The Balaban J connectivity index is 0.000000131. The van der Waals surface area contributed by atoms with Crippen molar-refractivity contribution in [1.82, 2.24) is 19.9 Å². The number of aromatic nitrogens is 4. The van der Waals surface area contributed by atoms with Crippen LogP contribution in [0, 0.1) is 0 Å². The molecule has 7 rings (SSSR count). The molecule has 152 valence electrons. The SMILES string of the molecule is c1ccc(-c2ncnc3c2Cc2ccccc2-3)cc1.c1ccc2c(c1)Cc1cncnc1-2. The quantitative estimate of drug-likeness (QED) is 0.344. The van der Waals surface area contributed by atoms with Crippen LogP contribution in [0.3, 0.4) is 0 Å². The Bertz CT molecular complexity index is 1380. The fourth-order valence-corrected chi connectivity index (χ4v) is 4.59. The summed E-state index contributed by atoms with van der Waals surface area (Å²) in [6.07, 6.45) is 7.09. The molecule has 0 aliphatic heterocycles. The van der Waals surface area contributed by atoms with Gasteiger partial charge in [0.15, 0.2) is 0 Å². The first-order valence-corrected chi connectivity index (χ1v) is 10.7. The first-order valence-electron chi connectivity index (χ1n) is 10.7.